The lowest BCUT2D eigenvalue weighted by Gasteiger charge is -2.30. The fourth-order valence-electron chi connectivity index (χ4n) is 2.38. The molecular weight excluding hydrogens is 360 g/mol. The Balaban J connectivity index is 1.74. The summed E-state index contributed by atoms with van der Waals surface area (Å²) >= 11 is 2.90. The zero-order valence-electron chi connectivity index (χ0n) is 14.3. The van der Waals surface area contributed by atoms with E-state index in [1.54, 1.807) is 11.3 Å². The lowest BCUT2D eigenvalue weighted by molar-refractivity contribution is -0.125. The summed E-state index contributed by atoms with van der Waals surface area (Å²) in [5.41, 5.74) is -0.366. The molecule has 2 rings (SSSR count). The molecule has 1 saturated heterocycles. The number of carbonyl (C=O) groups excluding carboxylic acids is 3. The molecule has 0 aromatic carbocycles. The van der Waals surface area contributed by atoms with Gasteiger partial charge in [-0.15, -0.1) is 23.1 Å². The van der Waals surface area contributed by atoms with Gasteiger partial charge in [-0.05, 0) is 25.3 Å². The molecule has 1 aliphatic rings. The minimum absolute atomic E-state index is 0.0770. The smallest absolute Gasteiger partial charge is 0.230 e. The molecule has 25 heavy (non-hydrogen) atoms. The highest BCUT2D eigenvalue weighted by atomic mass is 32.2. The Morgan fingerprint density at radius 2 is 2.20 bits per heavy atom. The van der Waals surface area contributed by atoms with E-state index in [-0.39, 0.29) is 53.9 Å². The Morgan fingerprint density at radius 3 is 2.88 bits per heavy atom. The van der Waals surface area contributed by atoms with Crippen LogP contribution in [0.4, 0.5) is 0 Å². The van der Waals surface area contributed by atoms with Gasteiger partial charge in [0.2, 0.25) is 17.7 Å². The molecule has 138 valence electrons. The lowest BCUT2D eigenvalue weighted by atomic mass is 10.1. The van der Waals surface area contributed by atoms with Crippen molar-refractivity contribution in [2.75, 3.05) is 5.75 Å². The predicted octanol–water partition coefficient (Wildman–Crippen LogP) is 0.774. The predicted molar refractivity (Wildman–Crippen MR) is 100.0 cm³/mol. The molecule has 0 saturated carbocycles. The number of carbonyl (C=O) groups is 3. The van der Waals surface area contributed by atoms with Crippen LogP contribution in [-0.4, -0.2) is 41.1 Å². The Hall–Kier alpha value is -1.58. The first-order valence-electron chi connectivity index (χ1n) is 8.18. The molecule has 1 aliphatic heterocycles. The van der Waals surface area contributed by atoms with E-state index in [0.29, 0.717) is 6.54 Å². The SMILES string of the molecule is CC(C)NC(=O)CSC1NC(=O)CC(CC(=O)NCc2cccs2)N1. The van der Waals surface area contributed by atoms with Crippen LogP contribution in [0.15, 0.2) is 17.5 Å². The number of nitrogens with one attached hydrogen (secondary N) is 4. The molecular formula is C16H24N4O3S2. The van der Waals surface area contributed by atoms with E-state index < -0.39 is 0 Å². The number of hydrogen-bond acceptors (Lipinski definition) is 6. The van der Waals surface area contributed by atoms with Crippen LogP contribution in [0.25, 0.3) is 0 Å². The van der Waals surface area contributed by atoms with Crippen molar-refractivity contribution in [3.63, 3.8) is 0 Å². The van der Waals surface area contributed by atoms with Gasteiger partial charge in [-0.1, -0.05) is 6.07 Å². The zero-order valence-corrected chi connectivity index (χ0v) is 16.0. The van der Waals surface area contributed by atoms with Gasteiger partial charge < -0.3 is 16.0 Å². The average molecular weight is 385 g/mol. The van der Waals surface area contributed by atoms with Crippen molar-refractivity contribution in [1.29, 1.82) is 0 Å². The summed E-state index contributed by atoms with van der Waals surface area (Å²) in [5, 5.41) is 13.6. The van der Waals surface area contributed by atoms with E-state index in [1.807, 2.05) is 31.4 Å². The molecule has 4 N–H and O–H groups in total. The Morgan fingerprint density at radius 1 is 1.40 bits per heavy atom. The zero-order chi connectivity index (χ0) is 18.2. The molecule has 0 spiro atoms. The first-order chi connectivity index (χ1) is 11.9. The minimum Gasteiger partial charge on any atom is -0.353 e. The molecule has 2 heterocycles. The van der Waals surface area contributed by atoms with E-state index >= 15 is 0 Å². The molecule has 2 atom stereocenters. The topological polar surface area (TPSA) is 99.3 Å². The second-order valence-electron chi connectivity index (χ2n) is 6.11. The standard InChI is InChI=1S/C16H24N4O3S2/c1-10(2)18-15(23)9-25-16-19-11(7-14(22)20-16)6-13(21)17-8-12-4-3-5-24-12/h3-5,10-11,16,19H,6-9H2,1-2H3,(H,17,21)(H,18,23)(H,20,22). The summed E-state index contributed by atoms with van der Waals surface area (Å²) in [6.45, 7) is 4.30. The van der Waals surface area contributed by atoms with E-state index in [2.05, 4.69) is 21.3 Å². The fraction of sp³-hybridized carbons (Fsp3) is 0.562. The van der Waals surface area contributed by atoms with Crippen molar-refractivity contribution in [2.24, 2.45) is 0 Å². The molecule has 3 amide bonds. The summed E-state index contributed by atoms with van der Waals surface area (Å²) in [6.07, 6.45) is 0.482. The molecule has 1 fully saturated rings. The summed E-state index contributed by atoms with van der Waals surface area (Å²) in [6, 6.07) is 3.76. The van der Waals surface area contributed by atoms with Gasteiger partial charge in [-0.2, -0.15) is 0 Å². The maximum absolute atomic E-state index is 12.1. The largest absolute Gasteiger partial charge is 0.353 e. The first kappa shape index (κ1) is 19.7. The van der Waals surface area contributed by atoms with Crippen molar-refractivity contribution < 1.29 is 14.4 Å². The van der Waals surface area contributed by atoms with Gasteiger partial charge in [0.15, 0.2) is 0 Å². The number of hydrogen-bond donors (Lipinski definition) is 4. The number of rotatable bonds is 8. The second-order valence-corrected chi connectivity index (χ2v) is 8.23. The van der Waals surface area contributed by atoms with Crippen LogP contribution < -0.4 is 21.3 Å². The van der Waals surface area contributed by atoms with E-state index in [1.165, 1.54) is 11.8 Å². The molecule has 0 radical (unpaired) electrons. The summed E-state index contributed by atoms with van der Waals surface area (Å²) in [7, 11) is 0. The quantitative estimate of drug-likeness (QED) is 0.531. The summed E-state index contributed by atoms with van der Waals surface area (Å²) in [4.78, 5) is 36.7. The van der Waals surface area contributed by atoms with Gasteiger partial charge in [0.1, 0.15) is 5.50 Å². The normalized spacial score (nSPS) is 20.2. The molecule has 1 aromatic rings. The van der Waals surface area contributed by atoms with Crippen LogP contribution in [0.3, 0.4) is 0 Å². The van der Waals surface area contributed by atoms with Crippen molar-refractivity contribution >= 4 is 40.8 Å². The van der Waals surface area contributed by atoms with Gasteiger partial charge in [-0.3, -0.25) is 19.7 Å². The van der Waals surface area contributed by atoms with Gasteiger partial charge in [0.05, 0.1) is 12.3 Å². The Labute approximate surface area is 155 Å². The van der Waals surface area contributed by atoms with Crippen molar-refractivity contribution in [1.82, 2.24) is 21.3 Å². The van der Waals surface area contributed by atoms with Crippen LogP contribution >= 0.6 is 23.1 Å². The van der Waals surface area contributed by atoms with Crippen LogP contribution in [0.5, 0.6) is 0 Å². The highest BCUT2D eigenvalue weighted by molar-refractivity contribution is 8.00. The third kappa shape index (κ3) is 7.45. The van der Waals surface area contributed by atoms with Crippen molar-refractivity contribution in [2.45, 2.75) is 50.8 Å². The summed E-state index contributed by atoms with van der Waals surface area (Å²) in [5.74, 6) is -0.0433. The Kier molecular flexibility index (Phi) is 7.73. The fourth-order valence-corrected chi connectivity index (χ4v) is 3.93. The first-order valence-corrected chi connectivity index (χ1v) is 10.1. The highest BCUT2D eigenvalue weighted by Crippen LogP contribution is 2.14. The van der Waals surface area contributed by atoms with Gasteiger partial charge in [0, 0.05) is 29.8 Å². The third-order valence-corrected chi connectivity index (χ3v) is 5.31. The second kappa shape index (κ2) is 9.79. The van der Waals surface area contributed by atoms with E-state index in [4.69, 9.17) is 0 Å². The number of thiophene rings is 1. The minimum atomic E-state index is -0.366. The maximum atomic E-state index is 12.1. The number of thioether (sulfide) groups is 1. The van der Waals surface area contributed by atoms with Crippen LogP contribution in [0.1, 0.15) is 31.6 Å². The molecule has 7 nitrogen and oxygen atoms in total. The van der Waals surface area contributed by atoms with E-state index in [9.17, 15) is 14.4 Å². The number of amides is 3. The molecule has 2 unspecified atom stereocenters. The molecule has 9 heteroatoms. The average Bonchev–Trinajstić information content (AvgIpc) is 3.03. The maximum Gasteiger partial charge on any atom is 0.230 e. The van der Waals surface area contributed by atoms with Crippen LogP contribution in [0.2, 0.25) is 0 Å². The highest BCUT2D eigenvalue weighted by Gasteiger charge is 2.28. The van der Waals surface area contributed by atoms with Gasteiger partial charge >= 0.3 is 0 Å². The van der Waals surface area contributed by atoms with Crippen molar-refractivity contribution in [3.05, 3.63) is 22.4 Å². The lowest BCUT2D eigenvalue weighted by Crippen LogP contribution is -2.56. The molecule has 0 aliphatic carbocycles. The van der Waals surface area contributed by atoms with Crippen LogP contribution in [0, 0.1) is 0 Å². The van der Waals surface area contributed by atoms with E-state index in [0.717, 1.165) is 4.88 Å². The van der Waals surface area contributed by atoms with Gasteiger partial charge in [0.25, 0.3) is 0 Å². The summed E-state index contributed by atoms with van der Waals surface area (Å²) < 4.78 is 0. The molecule has 1 aromatic heterocycles. The Bertz CT molecular complexity index is 592. The third-order valence-electron chi connectivity index (χ3n) is 3.41. The molecule has 0 bridgehead atoms. The van der Waals surface area contributed by atoms with Gasteiger partial charge in [-0.25, -0.2) is 0 Å². The van der Waals surface area contributed by atoms with Crippen LogP contribution in [-0.2, 0) is 20.9 Å². The van der Waals surface area contributed by atoms with Crippen molar-refractivity contribution in [3.8, 4) is 0 Å². The monoisotopic (exact) mass is 384 g/mol.